The van der Waals surface area contributed by atoms with E-state index in [2.05, 4.69) is 0 Å². The average molecular weight is 353 g/mol. The molecule has 0 saturated heterocycles. The lowest BCUT2D eigenvalue weighted by Crippen LogP contribution is -2.36. The third kappa shape index (κ3) is 8.23. The predicted molar refractivity (Wildman–Crippen MR) is 86.2 cm³/mol. The summed E-state index contributed by atoms with van der Waals surface area (Å²) in [4.78, 5) is 45.2. The van der Waals surface area contributed by atoms with E-state index < -0.39 is 17.4 Å². The minimum Gasteiger partial charge on any atom is -0.464 e. The number of rotatable bonds is 10. The van der Waals surface area contributed by atoms with E-state index in [1.165, 1.54) is 13.8 Å². The van der Waals surface area contributed by atoms with Gasteiger partial charge < -0.3 is 9.47 Å². The van der Waals surface area contributed by atoms with Gasteiger partial charge in [-0.1, -0.05) is 0 Å². The number of ether oxygens (including phenoxy) is 2. The molecule has 0 amide bonds. The molecule has 8 heteroatoms. The van der Waals surface area contributed by atoms with Gasteiger partial charge in [0.25, 0.3) is 0 Å². The molecule has 0 saturated carbocycles. The number of carbonyl (C=O) groups excluding carboxylic acids is 4. The van der Waals surface area contributed by atoms with Crippen molar-refractivity contribution in [1.82, 2.24) is 4.57 Å². The first-order valence-corrected chi connectivity index (χ1v) is 7.91. The van der Waals surface area contributed by atoms with Crippen LogP contribution >= 0.6 is 0 Å². The van der Waals surface area contributed by atoms with Crippen molar-refractivity contribution >= 4 is 23.5 Å². The number of Topliss-reactive ketones (excluding diaryl/α,β-unsaturated/α-hetero) is 2. The Kier molecular flexibility index (Phi) is 7.47. The molecular formula is C17H25N2O6+. The highest BCUT2D eigenvalue weighted by atomic mass is 16.5. The number of aryl methyl sites for hydroxylation is 1. The van der Waals surface area contributed by atoms with E-state index >= 15 is 0 Å². The maximum absolute atomic E-state index is 11.6. The summed E-state index contributed by atoms with van der Waals surface area (Å²) in [5.41, 5.74) is -0.703. The van der Waals surface area contributed by atoms with E-state index in [-0.39, 0.29) is 37.6 Å². The van der Waals surface area contributed by atoms with E-state index in [0.29, 0.717) is 6.54 Å². The molecule has 0 radical (unpaired) electrons. The highest BCUT2D eigenvalue weighted by molar-refractivity contribution is 5.94. The minimum atomic E-state index is -0.703. The second kappa shape index (κ2) is 9.10. The van der Waals surface area contributed by atoms with Crippen molar-refractivity contribution in [1.29, 1.82) is 0 Å². The molecule has 138 valence electrons. The Labute approximate surface area is 146 Å². The third-order valence-electron chi connectivity index (χ3n) is 3.34. The van der Waals surface area contributed by atoms with Gasteiger partial charge in [0.2, 0.25) is 6.33 Å². The minimum absolute atomic E-state index is 0.0195. The molecule has 1 aromatic heterocycles. The fraction of sp³-hybridized carbons (Fsp3) is 0.588. The van der Waals surface area contributed by atoms with Crippen molar-refractivity contribution in [3.8, 4) is 0 Å². The van der Waals surface area contributed by atoms with Crippen LogP contribution in [0.4, 0.5) is 0 Å². The molecule has 0 aliphatic carbocycles. The molecule has 0 N–H and O–H groups in total. The Hall–Kier alpha value is -2.51. The van der Waals surface area contributed by atoms with E-state index in [9.17, 15) is 19.2 Å². The van der Waals surface area contributed by atoms with Crippen LogP contribution in [0.15, 0.2) is 18.7 Å². The Balaban J connectivity index is 2.73. The molecule has 0 aromatic carbocycles. The first-order chi connectivity index (χ1) is 11.6. The number of esters is 2. The summed E-state index contributed by atoms with van der Waals surface area (Å²) in [6, 6.07) is 0. The number of ketones is 2. The summed E-state index contributed by atoms with van der Waals surface area (Å²) in [6.45, 7) is 4.81. The fourth-order valence-electron chi connectivity index (χ4n) is 2.19. The highest BCUT2D eigenvalue weighted by Crippen LogP contribution is 2.21. The van der Waals surface area contributed by atoms with Gasteiger partial charge in [-0.2, -0.15) is 0 Å². The zero-order valence-electron chi connectivity index (χ0n) is 15.1. The monoisotopic (exact) mass is 353 g/mol. The number of aromatic nitrogens is 2. The van der Waals surface area contributed by atoms with Gasteiger partial charge in [-0.05, 0) is 20.8 Å². The molecule has 0 unspecified atom stereocenters. The molecule has 25 heavy (non-hydrogen) atoms. The molecular weight excluding hydrogens is 328 g/mol. The summed E-state index contributed by atoms with van der Waals surface area (Å²) in [5.74, 6) is -1.80. The molecule has 1 heterocycles. The van der Waals surface area contributed by atoms with Crippen LogP contribution in [0.5, 0.6) is 0 Å². The second-order valence-electron chi connectivity index (χ2n) is 6.64. The van der Waals surface area contributed by atoms with Gasteiger partial charge in [0, 0.05) is 0 Å². The van der Waals surface area contributed by atoms with Crippen LogP contribution in [0.25, 0.3) is 0 Å². The van der Waals surface area contributed by atoms with Crippen molar-refractivity contribution in [3.05, 3.63) is 18.7 Å². The van der Waals surface area contributed by atoms with Gasteiger partial charge in [-0.3, -0.25) is 19.2 Å². The Morgan fingerprint density at radius 3 is 1.84 bits per heavy atom. The molecule has 1 rings (SSSR count). The Morgan fingerprint density at radius 2 is 1.48 bits per heavy atom. The van der Waals surface area contributed by atoms with Crippen LogP contribution in [0.1, 0.15) is 33.6 Å². The molecule has 0 fully saturated rings. The number of nitrogens with zero attached hydrogens (tertiary/aromatic N) is 2. The lowest BCUT2D eigenvalue weighted by Gasteiger charge is -2.26. The van der Waals surface area contributed by atoms with E-state index in [4.69, 9.17) is 9.47 Å². The van der Waals surface area contributed by atoms with Gasteiger partial charge in [0.1, 0.15) is 56.6 Å². The standard InChI is InChI=1S/C17H25N2O6/c1-13(20)7-15(22)24-10-17(3,9-19-6-5-18(4)12-19)11-25-16(23)8-14(2)21/h5-6,12H,7-11H2,1-4H3/q+1. The van der Waals surface area contributed by atoms with Gasteiger partial charge >= 0.3 is 11.9 Å². The SMILES string of the molecule is CC(=O)CC(=O)OCC(C)(COC(=O)CC(C)=O)Cn1cc[n+](C)c1. The van der Waals surface area contributed by atoms with Gasteiger partial charge in [-0.25, -0.2) is 9.13 Å². The summed E-state index contributed by atoms with van der Waals surface area (Å²) < 4.78 is 14.1. The number of hydrogen-bond donors (Lipinski definition) is 0. The average Bonchev–Trinajstić information content (AvgIpc) is 2.87. The third-order valence-corrected chi connectivity index (χ3v) is 3.34. The van der Waals surface area contributed by atoms with Crippen LogP contribution in [0.3, 0.4) is 0 Å². The zero-order chi connectivity index (χ0) is 19.0. The van der Waals surface area contributed by atoms with Crippen molar-refractivity contribution in [2.45, 2.75) is 40.2 Å². The molecule has 0 bridgehead atoms. The van der Waals surface area contributed by atoms with Crippen molar-refractivity contribution < 1.29 is 33.2 Å². The maximum atomic E-state index is 11.6. The molecule has 1 aromatic rings. The normalized spacial score (nSPS) is 11.0. The first-order valence-electron chi connectivity index (χ1n) is 7.91. The number of carbonyl (C=O) groups is 4. The number of hydrogen-bond acceptors (Lipinski definition) is 6. The van der Waals surface area contributed by atoms with Crippen LogP contribution in [-0.2, 0) is 42.2 Å². The Bertz CT molecular complexity index is 617. The maximum Gasteiger partial charge on any atom is 0.313 e. The summed E-state index contributed by atoms with van der Waals surface area (Å²) in [6.07, 6.45) is 4.95. The molecule has 0 spiro atoms. The fourth-order valence-corrected chi connectivity index (χ4v) is 2.19. The molecule has 8 nitrogen and oxygen atoms in total. The van der Waals surface area contributed by atoms with E-state index in [0.717, 1.165) is 0 Å². The largest absolute Gasteiger partial charge is 0.464 e. The van der Waals surface area contributed by atoms with Crippen molar-refractivity contribution in [2.75, 3.05) is 13.2 Å². The van der Waals surface area contributed by atoms with Crippen LogP contribution < -0.4 is 4.57 Å². The lowest BCUT2D eigenvalue weighted by molar-refractivity contribution is -0.671. The Morgan fingerprint density at radius 1 is 1.00 bits per heavy atom. The smallest absolute Gasteiger partial charge is 0.313 e. The van der Waals surface area contributed by atoms with Gasteiger partial charge in [-0.15, -0.1) is 0 Å². The van der Waals surface area contributed by atoms with Crippen LogP contribution in [0.2, 0.25) is 0 Å². The van der Waals surface area contributed by atoms with Gasteiger partial charge in [0.05, 0.1) is 12.5 Å². The summed E-state index contributed by atoms with van der Waals surface area (Å²) in [7, 11) is 1.87. The molecule has 0 aliphatic heterocycles. The first kappa shape index (κ1) is 20.5. The summed E-state index contributed by atoms with van der Waals surface area (Å²) >= 11 is 0. The molecule has 0 atom stereocenters. The van der Waals surface area contributed by atoms with Crippen molar-refractivity contribution in [3.63, 3.8) is 0 Å². The topological polar surface area (TPSA) is 95.6 Å². The highest BCUT2D eigenvalue weighted by Gasteiger charge is 2.32. The number of imidazole rings is 1. The van der Waals surface area contributed by atoms with Crippen LogP contribution in [-0.4, -0.2) is 41.3 Å². The van der Waals surface area contributed by atoms with Crippen molar-refractivity contribution in [2.24, 2.45) is 12.5 Å². The predicted octanol–water partition coefficient (Wildman–Crippen LogP) is 0.364. The van der Waals surface area contributed by atoms with Gasteiger partial charge in [0.15, 0.2) is 0 Å². The van der Waals surface area contributed by atoms with Crippen LogP contribution in [0, 0.1) is 5.41 Å². The van der Waals surface area contributed by atoms with E-state index in [1.54, 1.807) is 6.92 Å². The second-order valence-corrected chi connectivity index (χ2v) is 6.64. The zero-order valence-corrected chi connectivity index (χ0v) is 15.1. The quantitative estimate of drug-likeness (QED) is 0.342. The van der Waals surface area contributed by atoms with E-state index in [1.807, 2.05) is 34.9 Å². The summed E-state index contributed by atoms with van der Waals surface area (Å²) in [5, 5.41) is 0. The molecule has 0 aliphatic rings. The lowest BCUT2D eigenvalue weighted by atomic mass is 9.92.